The fourth-order valence-electron chi connectivity index (χ4n) is 1.64. The Labute approximate surface area is 115 Å². The molecule has 106 valence electrons. The van der Waals surface area contributed by atoms with Crippen LogP contribution >= 0.6 is 0 Å². The monoisotopic (exact) mass is 266 g/mol. The summed E-state index contributed by atoms with van der Waals surface area (Å²) >= 11 is 0. The molecule has 0 aliphatic carbocycles. The Balaban J connectivity index is 2.56. The average molecular weight is 266 g/mol. The molecule has 0 N–H and O–H groups in total. The van der Waals surface area contributed by atoms with Gasteiger partial charge in [0.1, 0.15) is 0 Å². The van der Waals surface area contributed by atoms with Crippen LogP contribution in [0.1, 0.15) is 41.0 Å². The molecule has 19 heavy (non-hydrogen) atoms. The molecule has 1 aliphatic heterocycles. The third kappa shape index (κ3) is 4.22. The molecule has 0 aromatic carbocycles. The van der Waals surface area contributed by atoms with Gasteiger partial charge in [0.2, 0.25) is 0 Å². The van der Waals surface area contributed by atoms with Gasteiger partial charge < -0.3 is 14.0 Å². The minimum Gasteiger partial charge on any atom is -0.469 e. The van der Waals surface area contributed by atoms with Gasteiger partial charge in [0.15, 0.2) is 0 Å². The Bertz CT molecular complexity index is 380. The van der Waals surface area contributed by atoms with Crippen molar-refractivity contribution >= 4 is 13.1 Å². The Hall–Kier alpha value is -1.07. The number of hydrogen-bond donors (Lipinski definition) is 0. The molecule has 0 spiro atoms. The van der Waals surface area contributed by atoms with Gasteiger partial charge >= 0.3 is 13.1 Å². The lowest BCUT2D eigenvalue weighted by molar-refractivity contribution is -0.139. The van der Waals surface area contributed by atoms with E-state index in [-0.39, 0.29) is 24.3 Å². The van der Waals surface area contributed by atoms with Crippen molar-refractivity contribution in [1.29, 1.82) is 0 Å². The van der Waals surface area contributed by atoms with Crippen LogP contribution in [0.25, 0.3) is 0 Å². The predicted octanol–water partition coefficient (Wildman–Crippen LogP) is 2.68. The molecule has 1 aliphatic rings. The summed E-state index contributed by atoms with van der Waals surface area (Å²) in [7, 11) is 1.03. The van der Waals surface area contributed by atoms with Crippen molar-refractivity contribution in [3.63, 3.8) is 0 Å². The number of carbonyl (C=O) groups is 1. The van der Waals surface area contributed by atoms with Crippen molar-refractivity contribution in [2.75, 3.05) is 7.11 Å². The van der Waals surface area contributed by atoms with Crippen LogP contribution in [0.3, 0.4) is 0 Å². The normalized spacial score (nSPS) is 22.0. The van der Waals surface area contributed by atoms with E-state index in [4.69, 9.17) is 9.31 Å². The number of ether oxygens (including phenoxy) is 1. The summed E-state index contributed by atoms with van der Waals surface area (Å²) in [5, 5.41) is 0. The first kappa shape index (κ1) is 16.0. The van der Waals surface area contributed by atoms with Crippen molar-refractivity contribution in [2.24, 2.45) is 0 Å². The van der Waals surface area contributed by atoms with Crippen LogP contribution in [-0.4, -0.2) is 31.4 Å². The highest BCUT2D eigenvalue weighted by atomic mass is 16.7. The van der Waals surface area contributed by atoms with E-state index in [0.717, 1.165) is 5.57 Å². The third-order valence-corrected chi connectivity index (χ3v) is 3.57. The summed E-state index contributed by atoms with van der Waals surface area (Å²) < 4.78 is 16.2. The maximum absolute atomic E-state index is 11.1. The van der Waals surface area contributed by atoms with Gasteiger partial charge in [0, 0.05) is 0 Å². The molecule has 1 rings (SSSR count). The molecular formula is C14H23BO4. The number of allylic oxidation sites excluding steroid dienone is 2. The van der Waals surface area contributed by atoms with Gasteiger partial charge in [-0.2, -0.15) is 0 Å². The van der Waals surface area contributed by atoms with Crippen molar-refractivity contribution in [3.05, 3.63) is 23.7 Å². The average Bonchev–Trinajstić information content (AvgIpc) is 2.47. The van der Waals surface area contributed by atoms with Gasteiger partial charge in [-0.15, -0.1) is 0 Å². The molecular weight excluding hydrogens is 243 g/mol. The zero-order valence-corrected chi connectivity index (χ0v) is 12.6. The SMILES string of the molecule is COC(=O)C/C(C)=C/C=C\B1OC(C)(C)C(C)(C)O1. The lowest BCUT2D eigenvalue weighted by Gasteiger charge is -2.32. The number of rotatable bonds is 4. The number of carbonyl (C=O) groups excluding carboxylic acids is 1. The second-order valence-corrected chi connectivity index (χ2v) is 5.78. The number of esters is 1. The van der Waals surface area contributed by atoms with Gasteiger partial charge in [-0.05, 0) is 34.6 Å². The second-order valence-electron chi connectivity index (χ2n) is 5.78. The topological polar surface area (TPSA) is 44.8 Å². The van der Waals surface area contributed by atoms with Crippen LogP contribution in [0.2, 0.25) is 0 Å². The molecule has 0 atom stereocenters. The van der Waals surface area contributed by atoms with Crippen LogP contribution in [-0.2, 0) is 18.8 Å². The van der Waals surface area contributed by atoms with Gasteiger partial charge in [-0.25, -0.2) is 0 Å². The molecule has 0 radical (unpaired) electrons. The summed E-state index contributed by atoms with van der Waals surface area (Å²) in [4.78, 5) is 11.1. The molecule has 1 saturated heterocycles. The first-order valence-corrected chi connectivity index (χ1v) is 6.44. The van der Waals surface area contributed by atoms with E-state index < -0.39 is 0 Å². The van der Waals surface area contributed by atoms with E-state index in [0.29, 0.717) is 6.42 Å². The third-order valence-electron chi connectivity index (χ3n) is 3.57. The minimum atomic E-state index is -0.354. The first-order chi connectivity index (χ1) is 8.68. The van der Waals surface area contributed by atoms with Crippen LogP contribution in [0.4, 0.5) is 0 Å². The maximum atomic E-state index is 11.1. The lowest BCUT2D eigenvalue weighted by Crippen LogP contribution is -2.41. The zero-order chi connectivity index (χ0) is 14.7. The standard InChI is InChI=1S/C14H23BO4/c1-11(10-12(16)17-6)8-7-9-15-18-13(2,3)14(4,5)19-15/h7-9H,10H2,1-6H3/b9-7-,11-8+. The fraction of sp³-hybridized carbons (Fsp3) is 0.643. The maximum Gasteiger partial charge on any atom is 0.487 e. The van der Waals surface area contributed by atoms with Gasteiger partial charge in [-0.1, -0.05) is 23.7 Å². The van der Waals surface area contributed by atoms with E-state index in [1.807, 2.05) is 52.7 Å². The van der Waals surface area contributed by atoms with E-state index in [9.17, 15) is 4.79 Å². The Morgan fingerprint density at radius 3 is 2.21 bits per heavy atom. The quantitative estimate of drug-likeness (QED) is 0.446. The molecule has 0 aromatic rings. The highest BCUT2D eigenvalue weighted by Gasteiger charge is 2.49. The summed E-state index contributed by atoms with van der Waals surface area (Å²) in [6.07, 6.45) is 4.01. The van der Waals surface area contributed by atoms with E-state index in [1.54, 1.807) is 0 Å². The molecule has 0 bridgehead atoms. The van der Waals surface area contributed by atoms with Crippen LogP contribution in [0.5, 0.6) is 0 Å². The molecule has 0 saturated carbocycles. The number of methoxy groups -OCH3 is 1. The van der Waals surface area contributed by atoms with Gasteiger partial charge in [0.25, 0.3) is 0 Å². The minimum absolute atomic E-state index is 0.238. The van der Waals surface area contributed by atoms with Crippen molar-refractivity contribution in [3.8, 4) is 0 Å². The van der Waals surface area contributed by atoms with Crippen molar-refractivity contribution in [2.45, 2.75) is 52.2 Å². The summed E-state index contributed by atoms with van der Waals surface area (Å²) in [6, 6.07) is 0. The van der Waals surface area contributed by atoms with E-state index >= 15 is 0 Å². The molecule has 1 heterocycles. The van der Waals surface area contributed by atoms with Crippen molar-refractivity contribution in [1.82, 2.24) is 0 Å². The Morgan fingerprint density at radius 2 is 1.74 bits per heavy atom. The van der Waals surface area contributed by atoms with Gasteiger partial charge in [0.05, 0.1) is 24.7 Å². The predicted molar refractivity (Wildman–Crippen MR) is 75.6 cm³/mol. The smallest absolute Gasteiger partial charge is 0.469 e. The molecule has 1 fully saturated rings. The summed E-state index contributed by atoms with van der Waals surface area (Å²) in [5.74, 6) is 1.61. The highest BCUT2D eigenvalue weighted by molar-refractivity contribution is 6.51. The second kappa shape index (κ2) is 5.93. The summed E-state index contributed by atoms with van der Waals surface area (Å²) in [6.45, 7) is 9.93. The largest absolute Gasteiger partial charge is 0.487 e. The van der Waals surface area contributed by atoms with Crippen LogP contribution in [0.15, 0.2) is 23.7 Å². The molecule has 4 nitrogen and oxygen atoms in total. The fourth-order valence-corrected chi connectivity index (χ4v) is 1.64. The molecule has 0 unspecified atom stereocenters. The van der Waals surface area contributed by atoms with Crippen LogP contribution < -0.4 is 0 Å². The zero-order valence-electron chi connectivity index (χ0n) is 12.6. The van der Waals surface area contributed by atoms with Crippen molar-refractivity contribution < 1.29 is 18.8 Å². The molecule has 0 aromatic heterocycles. The van der Waals surface area contributed by atoms with Gasteiger partial charge in [-0.3, -0.25) is 4.79 Å². The Morgan fingerprint density at radius 1 is 1.21 bits per heavy atom. The highest BCUT2D eigenvalue weighted by Crippen LogP contribution is 2.36. The first-order valence-electron chi connectivity index (χ1n) is 6.44. The van der Waals surface area contributed by atoms with E-state index in [1.165, 1.54) is 7.11 Å². The van der Waals surface area contributed by atoms with E-state index in [2.05, 4.69) is 4.74 Å². The molecule has 0 amide bonds. The number of hydrogen-bond acceptors (Lipinski definition) is 4. The molecule has 5 heteroatoms. The lowest BCUT2D eigenvalue weighted by atomic mass is 9.90. The van der Waals surface area contributed by atoms with Crippen LogP contribution in [0, 0.1) is 0 Å². The summed E-state index contributed by atoms with van der Waals surface area (Å²) in [5.41, 5.74) is 0.277. The Kier molecular flexibility index (Phi) is 4.99.